The molecule has 3 heterocycles. The quantitative estimate of drug-likeness (QED) is 0.798. The van der Waals surface area contributed by atoms with Gasteiger partial charge in [0.2, 0.25) is 17.8 Å². The van der Waals surface area contributed by atoms with E-state index in [2.05, 4.69) is 15.2 Å². The minimum Gasteiger partial charge on any atom is -0.361 e. The Balaban J connectivity index is 1.47. The highest BCUT2D eigenvalue weighted by molar-refractivity contribution is 6.04. The molecule has 2 aliphatic heterocycles. The Hall–Kier alpha value is -3.16. The van der Waals surface area contributed by atoms with Crippen molar-refractivity contribution in [3.8, 4) is 0 Å². The third-order valence-electron chi connectivity index (χ3n) is 5.92. The molecule has 0 bridgehead atoms. The Labute approximate surface area is 183 Å². The van der Waals surface area contributed by atoms with E-state index in [9.17, 15) is 9.59 Å². The molecular formula is C23H30N6O2. The molecule has 1 aromatic carbocycles. The fourth-order valence-electron chi connectivity index (χ4n) is 4.13. The second-order valence-corrected chi connectivity index (χ2v) is 8.58. The zero-order valence-electron chi connectivity index (χ0n) is 18.5. The van der Waals surface area contributed by atoms with E-state index >= 15 is 0 Å². The number of piperidine rings is 1. The molecule has 0 radical (unpaired) electrons. The predicted octanol–water partition coefficient (Wildman–Crippen LogP) is 2.83. The van der Waals surface area contributed by atoms with Crippen LogP contribution < -0.4 is 20.0 Å². The molecule has 2 aliphatic rings. The number of benzene rings is 1. The Kier molecular flexibility index (Phi) is 6.06. The topological polar surface area (TPSA) is 81.7 Å². The highest BCUT2D eigenvalue weighted by atomic mass is 16.2. The normalized spacial score (nSPS) is 18.9. The molecule has 8 heteroatoms. The number of carbonyl (C=O) groups is 2. The van der Waals surface area contributed by atoms with E-state index in [1.807, 2.05) is 50.2 Å². The minimum atomic E-state index is -0.411. The summed E-state index contributed by atoms with van der Waals surface area (Å²) in [5.41, 5.74) is 2.53. The van der Waals surface area contributed by atoms with Crippen molar-refractivity contribution >= 4 is 35.0 Å². The SMILES string of the molecule is Cc1ccc(N2CC(C(=O)Nc3cnc(N4CCCCC4)nc3N(C)C)CC2=O)cc1. The van der Waals surface area contributed by atoms with Crippen molar-refractivity contribution in [2.75, 3.05) is 53.7 Å². The fraction of sp³-hybridized carbons (Fsp3) is 0.478. The number of hydrogen-bond acceptors (Lipinski definition) is 6. The summed E-state index contributed by atoms with van der Waals surface area (Å²) in [6, 6.07) is 7.79. The van der Waals surface area contributed by atoms with Gasteiger partial charge in [-0.25, -0.2) is 4.98 Å². The van der Waals surface area contributed by atoms with Crippen LogP contribution in [0.1, 0.15) is 31.2 Å². The van der Waals surface area contributed by atoms with Crippen LogP contribution in [-0.4, -0.2) is 55.5 Å². The summed E-state index contributed by atoms with van der Waals surface area (Å²) in [6.07, 6.45) is 5.41. The van der Waals surface area contributed by atoms with Crippen molar-refractivity contribution in [3.05, 3.63) is 36.0 Å². The molecule has 4 rings (SSSR count). The van der Waals surface area contributed by atoms with Crippen LogP contribution in [0.4, 0.5) is 23.1 Å². The molecule has 2 aromatic rings. The van der Waals surface area contributed by atoms with Gasteiger partial charge in [-0.1, -0.05) is 17.7 Å². The highest BCUT2D eigenvalue weighted by Crippen LogP contribution is 2.29. The Morgan fingerprint density at radius 3 is 2.52 bits per heavy atom. The standard InChI is InChI=1S/C23H30N6O2/c1-16-7-9-18(10-8-16)29-15-17(13-20(29)30)22(31)25-19-14-24-23(26-21(19)27(2)3)28-11-5-4-6-12-28/h7-10,14,17H,4-6,11-13,15H2,1-3H3,(H,25,31). The lowest BCUT2D eigenvalue weighted by molar-refractivity contribution is -0.122. The van der Waals surface area contributed by atoms with Crippen molar-refractivity contribution in [1.29, 1.82) is 0 Å². The van der Waals surface area contributed by atoms with Crippen LogP contribution in [0, 0.1) is 12.8 Å². The third-order valence-corrected chi connectivity index (χ3v) is 5.92. The molecular weight excluding hydrogens is 392 g/mol. The lowest BCUT2D eigenvalue weighted by atomic mass is 10.1. The van der Waals surface area contributed by atoms with Crippen molar-refractivity contribution < 1.29 is 9.59 Å². The van der Waals surface area contributed by atoms with Crippen molar-refractivity contribution in [1.82, 2.24) is 9.97 Å². The number of hydrogen-bond donors (Lipinski definition) is 1. The predicted molar refractivity (Wildman–Crippen MR) is 123 cm³/mol. The summed E-state index contributed by atoms with van der Waals surface area (Å²) in [7, 11) is 3.80. The average molecular weight is 423 g/mol. The average Bonchev–Trinajstić information content (AvgIpc) is 3.17. The molecule has 2 fully saturated rings. The van der Waals surface area contributed by atoms with Gasteiger partial charge in [0.15, 0.2) is 5.82 Å². The summed E-state index contributed by atoms with van der Waals surface area (Å²) in [5.74, 6) is 0.742. The zero-order valence-corrected chi connectivity index (χ0v) is 18.5. The van der Waals surface area contributed by atoms with Crippen LogP contribution in [0.5, 0.6) is 0 Å². The number of rotatable bonds is 5. The van der Waals surface area contributed by atoms with Gasteiger partial charge in [0, 0.05) is 45.8 Å². The van der Waals surface area contributed by atoms with Gasteiger partial charge in [-0.2, -0.15) is 4.98 Å². The van der Waals surface area contributed by atoms with E-state index in [-0.39, 0.29) is 18.2 Å². The maximum absolute atomic E-state index is 13.0. The molecule has 0 saturated carbocycles. The number of nitrogens with one attached hydrogen (secondary N) is 1. The second-order valence-electron chi connectivity index (χ2n) is 8.58. The Morgan fingerprint density at radius 2 is 1.84 bits per heavy atom. The molecule has 1 N–H and O–H groups in total. The van der Waals surface area contributed by atoms with Gasteiger partial charge in [0.25, 0.3) is 0 Å². The molecule has 164 valence electrons. The fourth-order valence-corrected chi connectivity index (χ4v) is 4.13. The largest absolute Gasteiger partial charge is 0.361 e. The smallest absolute Gasteiger partial charge is 0.229 e. The van der Waals surface area contributed by atoms with E-state index in [0.717, 1.165) is 37.2 Å². The second kappa shape index (κ2) is 8.91. The van der Waals surface area contributed by atoms with Crippen LogP contribution in [0.25, 0.3) is 0 Å². The molecule has 1 atom stereocenters. The molecule has 2 saturated heterocycles. The number of aryl methyl sites for hydroxylation is 1. The Morgan fingerprint density at radius 1 is 1.13 bits per heavy atom. The van der Waals surface area contributed by atoms with Gasteiger partial charge >= 0.3 is 0 Å². The highest BCUT2D eigenvalue weighted by Gasteiger charge is 2.35. The van der Waals surface area contributed by atoms with Gasteiger partial charge in [0.1, 0.15) is 5.69 Å². The first-order valence-electron chi connectivity index (χ1n) is 10.9. The minimum absolute atomic E-state index is 0.0338. The maximum Gasteiger partial charge on any atom is 0.229 e. The molecule has 31 heavy (non-hydrogen) atoms. The van der Waals surface area contributed by atoms with Crippen LogP contribution in [0.2, 0.25) is 0 Å². The number of amides is 2. The number of carbonyl (C=O) groups excluding carboxylic acids is 2. The number of anilines is 4. The summed E-state index contributed by atoms with van der Waals surface area (Å²) >= 11 is 0. The number of nitrogens with zero attached hydrogens (tertiary/aromatic N) is 5. The van der Waals surface area contributed by atoms with E-state index < -0.39 is 5.92 Å². The molecule has 0 aliphatic carbocycles. The van der Waals surface area contributed by atoms with E-state index in [1.54, 1.807) is 11.1 Å². The van der Waals surface area contributed by atoms with E-state index in [1.165, 1.54) is 6.42 Å². The van der Waals surface area contributed by atoms with Gasteiger partial charge in [0.05, 0.1) is 12.1 Å². The number of aromatic nitrogens is 2. The van der Waals surface area contributed by atoms with Gasteiger partial charge < -0.3 is 20.0 Å². The summed E-state index contributed by atoms with van der Waals surface area (Å²) < 4.78 is 0. The Bertz CT molecular complexity index is 953. The molecule has 1 unspecified atom stereocenters. The maximum atomic E-state index is 13.0. The summed E-state index contributed by atoms with van der Waals surface area (Å²) in [6.45, 7) is 4.29. The van der Waals surface area contributed by atoms with Crippen LogP contribution in [0.3, 0.4) is 0 Å². The first-order valence-corrected chi connectivity index (χ1v) is 10.9. The van der Waals surface area contributed by atoms with Crippen LogP contribution in [0.15, 0.2) is 30.5 Å². The molecule has 1 aromatic heterocycles. The molecule has 0 spiro atoms. The third kappa shape index (κ3) is 4.62. The van der Waals surface area contributed by atoms with E-state index in [0.29, 0.717) is 24.0 Å². The summed E-state index contributed by atoms with van der Waals surface area (Å²) in [4.78, 5) is 40.5. The van der Waals surface area contributed by atoms with Crippen molar-refractivity contribution in [2.24, 2.45) is 5.92 Å². The first kappa shape index (κ1) is 21.1. The van der Waals surface area contributed by atoms with Crippen LogP contribution in [-0.2, 0) is 9.59 Å². The first-order chi connectivity index (χ1) is 14.9. The molecule has 8 nitrogen and oxygen atoms in total. The van der Waals surface area contributed by atoms with Crippen molar-refractivity contribution in [3.63, 3.8) is 0 Å². The molecule has 2 amide bonds. The van der Waals surface area contributed by atoms with E-state index in [4.69, 9.17) is 4.98 Å². The lowest BCUT2D eigenvalue weighted by Crippen LogP contribution is -2.32. The lowest BCUT2D eigenvalue weighted by Gasteiger charge is -2.28. The van der Waals surface area contributed by atoms with Crippen molar-refractivity contribution in [2.45, 2.75) is 32.6 Å². The van der Waals surface area contributed by atoms with Gasteiger partial charge in [-0.3, -0.25) is 9.59 Å². The monoisotopic (exact) mass is 422 g/mol. The zero-order chi connectivity index (χ0) is 22.0. The summed E-state index contributed by atoms with van der Waals surface area (Å²) in [5, 5.41) is 2.96. The van der Waals surface area contributed by atoms with Gasteiger partial charge in [-0.15, -0.1) is 0 Å². The van der Waals surface area contributed by atoms with Crippen LogP contribution >= 0.6 is 0 Å². The van der Waals surface area contributed by atoms with Gasteiger partial charge in [-0.05, 0) is 38.3 Å².